The second-order valence-electron chi connectivity index (χ2n) is 3.18. The highest BCUT2D eigenvalue weighted by Crippen LogP contribution is 2.18. The Morgan fingerprint density at radius 1 is 1.50 bits per heavy atom. The molecule has 0 saturated heterocycles. The van der Waals surface area contributed by atoms with Gasteiger partial charge in [-0.15, -0.1) is 0 Å². The molecule has 0 saturated carbocycles. The van der Waals surface area contributed by atoms with Crippen LogP contribution in [0.2, 0.25) is 0 Å². The molecule has 0 aliphatic rings. The Morgan fingerprint density at radius 3 is 2.79 bits per heavy atom. The monoisotopic (exact) mass is 193 g/mol. The average molecular weight is 193 g/mol. The number of ether oxygens (including phenoxy) is 1. The Balaban J connectivity index is 2.83. The fourth-order valence-corrected chi connectivity index (χ4v) is 1.18. The number of hydrogen-bond donors (Lipinski definition) is 1. The maximum Gasteiger partial charge on any atom is 0.308 e. The second-order valence-corrected chi connectivity index (χ2v) is 3.18. The minimum Gasteiger partial charge on any atom is -0.427 e. The molecule has 0 heterocycles. The van der Waals surface area contributed by atoms with Crippen molar-refractivity contribution in [3.8, 4) is 5.75 Å². The van der Waals surface area contributed by atoms with Crippen LogP contribution in [-0.4, -0.2) is 13.0 Å². The fraction of sp³-hybridized carbons (Fsp3) is 0.364. The lowest BCUT2D eigenvalue weighted by atomic mass is 10.1. The van der Waals surface area contributed by atoms with Gasteiger partial charge in [0.2, 0.25) is 0 Å². The molecule has 0 bridgehead atoms. The van der Waals surface area contributed by atoms with E-state index >= 15 is 0 Å². The zero-order valence-corrected chi connectivity index (χ0v) is 8.70. The van der Waals surface area contributed by atoms with Gasteiger partial charge in [0.1, 0.15) is 5.75 Å². The molecule has 14 heavy (non-hydrogen) atoms. The summed E-state index contributed by atoms with van der Waals surface area (Å²) in [4.78, 5) is 10.7. The second kappa shape index (κ2) is 4.77. The van der Waals surface area contributed by atoms with E-state index in [9.17, 15) is 4.79 Å². The number of esters is 1. The third kappa shape index (κ3) is 2.85. The van der Waals surface area contributed by atoms with Crippen LogP contribution in [0.1, 0.15) is 25.5 Å². The fourth-order valence-electron chi connectivity index (χ4n) is 1.18. The highest BCUT2D eigenvalue weighted by atomic mass is 16.5. The highest BCUT2D eigenvalue weighted by Gasteiger charge is 2.04. The molecule has 3 heteroatoms. The van der Waals surface area contributed by atoms with Crippen LogP contribution in [0.15, 0.2) is 24.3 Å². The summed E-state index contributed by atoms with van der Waals surface area (Å²) in [6.45, 7) is 3.45. The van der Waals surface area contributed by atoms with Crippen LogP contribution in [0.3, 0.4) is 0 Å². The van der Waals surface area contributed by atoms with E-state index in [1.807, 2.05) is 32.2 Å². The van der Waals surface area contributed by atoms with E-state index in [-0.39, 0.29) is 12.0 Å². The van der Waals surface area contributed by atoms with Crippen molar-refractivity contribution in [2.45, 2.75) is 19.9 Å². The van der Waals surface area contributed by atoms with Crippen molar-refractivity contribution < 1.29 is 9.53 Å². The normalized spacial score (nSPS) is 12.2. The summed E-state index contributed by atoms with van der Waals surface area (Å²) >= 11 is 0. The number of hydrogen-bond acceptors (Lipinski definition) is 3. The molecule has 1 rings (SSSR count). The Kier molecular flexibility index (Phi) is 3.65. The Labute approximate surface area is 84.1 Å². The standard InChI is InChI=1S/C11H15NO2/c1-8(12-3)10-5-4-6-11(7-10)14-9(2)13/h4-8,12H,1-3H3/t8-/m1/s1. The number of rotatable bonds is 3. The minimum absolute atomic E-state index is 0.255. The third-order valence-electron chi connectivity index (χ3n) is 2.05. The van der Waals surface area contributed by atoms with Crippen LogP contribution >= 0.6 is 0 Å². The Bertz CT molecular complexity index is 323. The van der Waals surface area contributed by atoms with Gasteiger partial charge >= 0.3 is 5.97 Å². The van der Waals surface area contributed by atoms with Gasteiger partial charge in [0.05, 0.1) is 0 Å². The molecule has 1 aromatic carbocycles. The number of nitrogens with one attached hydrogen (secondary N) is 1. The summed E-state index contributed by atoms with van der Waals surface area (Å²) < 4.78 is 4.98. The zero-order chi connectivity index (χ0) is 10.6. The van der Waals surface area contributed by atoms with Gasteiger partial charge in [-0.2, -0.15) is 0 Å². The van der Waals surface area contributed by atoms with Gasteiger partial charge in [-0.3, -0.25) is 4.79 Å². The van der Waals surface area contributed by atoms with Crippen LogP contribution in [-0.2, 0) is 4.79 Å². The first-order valence-electron chi connectivity index (χ1n) is 4.59. The molecular formula is C11H15NO2. The number of benzene rings is 1. The molecule has 1 N–H and O–H groups in total. The molecule has 0 spiro atoms. The van der Waals surface area contributed by atoms with E-state index in [0.29, 0.717) is 5.75 Å². The van der Waals surface area contributed by atoms with Crippen molar-refractivity contribution in [3.63, 3.8) is 0 Å². The lowest BCUT2D eigenvalue weighted by Crippen LogP contribution is -2.12. The van der Waals surface area contributed by atoms with E-state index in [1.165, 1.54) is 6.92 Å². The summed E-state index contributed by atoms with van der Waals surface area (Å²) in [5.74, 6) is 0.302. The predicted octanol–water partition coefficient (Wildman–Crippen LogP) is 1.89. The molecule has 1 aromatic rings. The lowest BCUT2D eigenvalue weighted by molar-refractivity contribution is -0.131. The highest BCUT2D eigenvalue weighted by molar-refractivity contribution is 5.69. The van der Waals surface area contributed by atoms with Gasteiger partial charge in [0.25, 0.3) is 0 Å². The van der Waals surface area contributed by atoms with Crippen molar-refractivity contribution in [2.75, 3.05) is 7.05 Å². The molecule has 0 amide bonds. The van der Waals surface area contributed by atoms with E-state index in [1.54, 1.807) is 6.07 Å². The first-order valence-corrected chi connectivity index (χ1v) is 4.59. The van der Waals surface area contributed by atoms with E-state index in [2.05, 4.69) is 5.32 Å². The molecule has 3 nitrogen and oxygen atoms in total. The topological polar surface area (TPSA) is 38.3 Å². The van der Waals surface area contributed by atoms with Crippen molar-refractivity contribution >= 4 is 5.97 Å². The molecule has 0 fully saturated rings. The molecule has 1 atom stereocenters. The van der Waals surface area contributed by atoms with Crippen LogP contribution < -0.4 is 10.1 Å². The molecule has 0 aliphatic heterocycles. The van der Waals surface area contributed by atoms with Crippen molar-refractivity contribution in [3.05, 3.63) is 29.8 Å². The minimum atomic E-state index is -0.292. The summed E-state index contributed by atoms with van der Waals surface area (Å²) in [7, 11) is 1.89. The first kappa shape index (κ1) is 10.7. The molecule has 0 aliphatic carbocycles. The van der Waals surface area contributed by atoms with Gasteiger partial charge in [-0.1, -0.05) is 12.1 Å². The Hall–Kier alpha value is -1.35. The summed E-state index contributed by atoms with van der Waals surface area (Å²) in [5.41, 5.74) is 1.10. The molecular weight excluding hydrogens is 178 g/mol. The SMILES string of the molecule is CN[C@H](C)c1cccc(OC(C)=O)c1. The first-order chi connectivity index (χ1) is 6.63. The maximum absolute atomic E-state index is 10.7. The predicted molar refractivity (Wildman–Crippen MR) is 55.2 cm³/mol. The smallest absolute Gasteiger partial charge is 0.308 e. The van der Waals surface area contributed by atoms with Gasteiger partial charge in [0, 0.05) is 13.0 Å². The van der Waals surface area contributed by atoms with Crippen molar-refractivity contribution in [1.82, 2.24) is 5.32 Å². The lowest BCUT2D eigenvalue weighted by Gasteiger charge is -2.11. The largest absolute Gasteiger partial charge is 0.427 e. The zero-order valence-electron chi connectivity index (χ0n) is 8.70. The molecule has 0 unspecified atom stereocenters. The maximum atomic E-state index is 10.7. The summed E-state index contributed by atoms with van der Waals surface area (Å²) in [5, 5.41) is 3.12. The number of carbonyl (C=O) groups excluding carboxylic acids is 1. The molecule has 76 valence electrons. The van der Waals surface area contributed by atoms with Gasteiger partial charge in [-0.05, 0) is 31.7 Å². The van der Waals surface area contributed by atoms with Crippen LogP contribution in [0.25, 0.3) is 0 Å². The van der Waals surface area contributed by atoms with Gasteiger partial charge < -0.3 is 10.1 Å². The summed E-state index contributed by atoms with van der Waals surface area (Å²) in [6.07, 6.45) is 0. The average Bonchev–Trinajstić information content (AvgIpc) is 2.16. The molecule has 0 radical (unpaired) electrons. The quantitative estimate of drug-likeness (QED) is 0.588. The van der Waals surface area contributed by atoms with E-state index < -0.39 is 0 Å². The van der Waals surface area contributed by atoms with Crippen molar-refractivity contribution in [2.24, 2.45) is 0 Å². The van der Waals surface area contributed by atoms with Crippen molar-refractivity contribution in [1.29, 1.82) is 0 Å². The third-order valence-corrected chi connectivity index (χ3v) is 2.05. The number of carbonyl (C=O) groups is 1. The summed E-state index contributed by atoms with van der Waals surface area (Å²) in [6, 6.07) is 7.76. The van der Waals surface area contributed by atoms with Crippen LogP contribution in [0.4, 0.5) is 0 Å². The van der Waals surface area contributed by atoms with Gasteiger partial charge in [-0.25, -0.2) is 0 Å². The molecule has 0 aromatic heterocycles. The van der Waals surface area contributed by atoms with Crippen LogP contribution in [0.5, 0.6) is 5.75 Å². The van der Waals surface area contributed by atoms with Crippen LogP contribution in [0, 0.1) is 0 Å². The Morgan fingerprint density at radius 2 is 2.21 bits per heavy atom. The van der Waals surface area contributed by atoms with E-state index in [0.717, 1.165) is 5.56 Å². The van der Waals surface area contributed by atoms with Gasteiger partial charge in [0.15, 0.2) is 0 Å². The van der Waals surface area contributed by atoms with E-state index in [4.69, 9.17) is 4.74 Å².